The van der Waals surface area contributed by atoms with E-state index < -0.39 is 5.97 Å². The van der Waals surface area contributed by atoms with E-state index in [1.54, 1.807) is 0 Å². The average molecular weight is 206 g/mol. The monoisotopic (exact) mass is 206 g/mol. The number of carbonyl (C=O) groups is 1. The van der Waals surface area contributed by atoms with Crippen LogP contribution >= 0.6 is 0 Å². The maximum atomic E-state index is 11.0. The van der Waals surface area contributed by atoms with E-state index in [1.165, 1.54) is 32.1 Å². The SMILES string of the molecule is C=C(C(=O)O)C1C2CC3CC(C2)CC1C3. The zero-order valence-corrected chi connectivity index (χ0v) is 8.98. The van der Waals surface area contributed by atoms with Crippen LogP contribution in [0.2, 0.25) is 0 Å². The zero-order chi connectivity index (χ0) is 10.6. The first-order valence-electron chi connectivity index (χ1n) is 6.07. The first-order valence-corrected chi connectivity index (χ1v) is 6.07. The minimum atomic E-state index is -0.771. The highest BCUT2D eigenvalue weighted by molar-refractivity contribution is 5.86. The Bertz CT molecular complexity index is 290. The number of aliphatic carboxylic acids is 1. The molecular formula is C13H18O2. The van der Waals surface area contributed by atoms with E-state index in [2.05, 4.69) is 6.58 Å². The van der Waals surface area contributed by atoms with Gasteiger partial charge in [0.05, 0.1) is 0 Å². The lowest BCUT2D eigenvalue weighted by atomic mass is 9.50. The Morgan fingerprint density at radius 3 is 1.87 bits per heavy atom. The molecule has 2 heteroatoms. The van der Waals surface area contributed by atoms with Crippen LogP contribution in [0, 0.1) is 29.6 Å². The molecule has 4 fully saturated rings. The Morgan fingerprint density at radius 2 is 1.47 bits per heavy atom. The van der Waals surface area contributed by atoms with Crippen molar-refractivity contribution < 1.29 is 9.90 Å². The summed E-state index contributed by atoms with van der Waals surface area (Å²) in [5.74, 6) is 2.63. The van der Waals surface area contributed by atoms with Gasteiger partial charge in [-0.25, -0.2) is 4.79 Å². The Kier molecular flexibility index (Phi) is 1.95. The molecule has 15 heavy (non-hydrogen) atoms. The van der Waals surface area contributed by atoms with Gasteiger partial charge in [0.25, 0.3) is 0 Å². The molecule has 4 bridgehead atoms. The fourth-order valence-corrected chi connectivity index (χ4v) is 4.64. The van der Waals surface area contributed by atoms with Crippen molar-refractivity contribution in [3.63, 3.8) is 0 Å². The van der Waals surface area contributed by atoms with Gasteiger partial charge >= 0.3 is 5.97 Å². The van der Waals surface area contributed by atoms with Gasteiger partial charge in [-0.05, 0) is 61.7 Å². The Labute approximate surface area is 90.4 Å². The molecule has 0 unspecified atom stereocenters. The van der Waals surface area contributed by atoms with Crippen LogP contribution in [0.15, 0.2) is 12.2 Å². The normalized spacial score (nSPS) is 46.8. The standard InChI is InChI=1S/C13H18O2/c1-7(13(14)15)12-10-3-8-2-9(5-10)6-11(12)4-8/h8-12H,1-6H2,(H,14,15). The van der Waals surface area contributed by atoms with E-state index >= 15 is 0 Å². The van der Waals surface area contributed by atoms with Crippen LogP contribution < -0.4 is 0 Å². The van der Waals surface area contributed by atoms with E-state index in [4.69, 9.17) is 5.11 Å². The summed E-state index contributed by atoms with van der Waals surface area (Å²) >= 11 is 0. The molecule has 0 aromatic rings. The summed E-state index contributed by atoms with van der Waals surface area (Å²) in [7, 11) is 0. The highest BCUT2D eigenvalue weighted by Gasteiger charge is 2.49. The van der Waals surface area contributed by atoms with Crippen LogP contribution in [0.4, 0.5) is 0 Å². The topological polar surface area (TPSA) is 37.3 Å². The van der Waals surface area contributed by atoms with Gasteiger partial charge in [-0.3, -0.25) is 0 Å². The molecule has 0 radical (unpaired) electrons. The Balaban J connectivity index is 1.86. The van der Waals surface area contributed by atoms with Crippen LogP contribution in [-0.2, 0) is 4.79 Å². The van der Waals surface area contributed by atoms with Gasteiger partial charge in [0.1, 0.15) is 0 Å². The van der Waals surface area contributed by atoms with Gasteiger partial charge in [0.2, 0.25) is 0 Å². The van der Waals surface area contributed by atoms with E-state index in [0.717, 1.165) is 11.8 Å². The maximum Gasteiger partial charge on any atom is 0.331 e. The second-order valence-corrected chi connectivity index (χ2v) is 5.79. The predicted octanol–water partition coefficient (Wildman–Crippen LogP) is 2.70. The molecule has 4 aliphatic carbocycles. The van der Waals surface area contributed by atoms with Crippen molar-refractivity contribution in [1.82, 2.24) is 0 Å². The summed E-state index contributed by atoms with van der Waals surface area (Å²) in [6.07, 6.45) is 6.49. The van der Waals surface area contributed by atoms with E-state index in [-0.39, 0.29) is 0 Å². The highest BCUT2D eigenvalue weighted by atomic mass is 16.4. The molecule has 82 valence electrons. The van der Waals surface area contributed by atoms with Gasteiger partial charge in [0, 0.05) is 5.57 Å². The lowest BCUT2D eigenvalue weighted by Gasteiger charge is -2.54. The van der Waals surface area contributed by atoms with Crippen molar-refractivity contribution in [1.29, 1.82) is 0 Å². The van der Waals surface area contributed by atoms with Crippen molar-refractivity contribution in [3.05, 3.63) is 12.2 Å². The molecule has 2 nitrogen and oxygen atoms in total. The van der Waals surface area contributed by atoms with E-state index in [0.29, 0.717) is 23.3 Å². The van der Waals surface area contributed by atoms with E-state index in [9.17, 15) is 4.79 Å². The summed E-state index contributed by atoms with van der Waals surface area (Å²) < 4.78 is 0. The summed E-state index contributed by atoms with van der Waals surface area (Å²) in [6.45, 7) is 3.80. The van der Waals surface area contributed by atoms with Crippen LogP contribution in [0.3, 0.4) is 0 Å². The molecular weight excluding hydrogens is 188 g/mol. The molecule has 0 amide bonds. The molecule has 0 spiro atoms. The third kappa shape index (κ3) is 1.34. The third-order valence-corrected chi connectivity index (χ3v) is 4.90. The number of hydrogen-bond donors (Lipinski definition) is 1. The molecule has 4 aliphatic rings. The van der Waals surface area contributed by atoms with Gasteiger partial charge in [-0.15, -0.1) is 0 Å². The van der Waals surface area contributed by atoms with Crippen molar-refractivity contribution in [2.24, 2.45) is 29.6 Å². The Morgan fingerprint density at radius 1 is 1.00 bits per heavy atom. The minimum absolute atomic E-state index is 0.301. The fraction of sp³-hybridized carbons (Fsp3) is 0.769. The van der Waals surface area contributed by atoms with Crippen molar-refractivity contribution in [2.45, 2.75) is 32.1 Å². The Hall–Kier alpha value is -0.790. The lowest BCUT2D eigenvalue weighted by Crippen LogP contribution is -2.46. The molecule has 0 aliphatic heterocycles. The zero-order valence-electron chi connectivity index (χ0n) is 8.98. The van der Waals surface area contributed by atoms with E-state index in [1.807, 2.05) is 0 Å². The second-order valence-electron chi connectivity index (χ2n) is 5.79. The van der Waals surface area contributed by atoms with Gasteiger partial charge < -0.3 is 5.11 Å². The number of carboxylic acids is 1. The number of rotatable bonds is 2. The summed E-state index contributed by atoms with van der Waals surface area (Å²) in [5, 5.41) is 9.07. The number of hydrogen-bond acceptors (Lipinski definition) is 1. The first-order chi connectivity index (χ1) is 7.15. The van der Waals surface area contributed by atoms with Crippen molar-refractivity contribution in [2.75, 3.05) is 0 Å². The van der Waals surface area contributed by atoms with Crippen LogP contribution in [0.1, 0.15) is 32.1 Å². The smallest absolute Gasteiger partial charge is 0.331 e. The van der Waals surface area contributed by atoms with Crippen molar-refractivity contribution >= 4 is 5.97 Å². The molecule has 1 N–H and O–H groups in total. The quantitative estimate of drug-likeness (QED) is 0.705. The summed E-state index contributed by atoms with van der Waals surface area (Å²) in [5.41, 5.74) is 0.490. The van der Waals surface area contributed by atoms with Crippen LogP contribution in [0.25, 0.3) is 0 Å². The highest BCUT2D eigenvalue weighted by Crippen LogP contribution is 2.58. The number of carboxylic acid groups (broad SMARTS) is 1. The largest absolute Gasteiger partial charge is 0.478 e. The third-order valence-electron chi connectivity index (χ3n) is 4.90. The minimum Gasteiger partial charge on any atom is -0.478 e. The van der Waals surface area contributed by atoms with Gasteiger partial charge in [0.15, 0.2) is 0 Å². The second kappa shape index (κ2) is 3.10. The molecule has 0 heterocycles. The maximum absolute atomic E-state index is 11.0. The van der Waals surface area contributed by atoms with Crippen LogP contribution in [0.5, 0.6) is 0 Å². The van der Waals surface area contributed by atoms with Crippen LogP contribution in [-0.4, -0.2) is 11.1 Å². The molecule has 4 saturated carbocycles. The van der Waals surface area contributed by atoms with Gasteiger partial charge in [-0.1, -0.05) is 6.58 Å². The van der Waals surface area contributed by atoms with Crippen molar-refractivity contribution in [3.8, 4) is 0 Å². The summed E-state index contributed by atoms with van der Waals surface area (Å²) in [6, 6.07) is 0. The molecule has 0 aromatic carbocycles. The lowest BCUT2D eigenvalue weighted by molar-refractivity contribution is -0.135. The van der Waals surface area contributed by atoms with Gasteiger partial charge in [-0.2, -0.15) is 0 Å². The first kappa shape index (κ1) is 9.44. The molecule has 0 saturated heterocycles. The molecule has 0 aromatic heterocycles. The molecule has 4 rings (SSSR count). The molecule has 0 atom stereocenters. The summed E-state index contributed by atoms with van der Waals surface area (Å²) in [4.78, 5) is 11.0. The fourth-order valence-electron chi connectivity index (χ4n) is 4.64. The average Bonchev–Trinajstić information content (AvgIpc) is 2.15. The predicted molar refractivity (Wildman–Crippen MR) is 57.3 cm³/mol.